The highest BCUT2D eigenvalue weighted by Gasteiger charge is 2.54. The average molecular weight is 231 g/mol. The molecule has 0 aromatic heterocycles. The standard InChI is InChI=1S/C6H2NO7P/c8-3-1-2(7(9)10)4-6-5(3)13-15(11,12-4)14-6/h1,8H. The fourth-order valence-electron chi connectivity index (χ4n) is 1.38. The molecule has 0 fully saturated rings. The van der Waals surface area contributed by atoms with Gasteiger partial charge in [-0.05, 0) is 0 Å². The third-order valence-corrected chi connectivity index (χ3v) is 3.18. The first-order valence-corrected chi connectivity index (χ1v) is 5.19. The second-order valence-electron chi connectivity index (χ2n) is 2.88. The van der Waals surface area contributed by atoms with Crippen molar-refractivity contribution in [3.05, 3.63) is 16.2 Å². The summed E-state index contributed by atoms with van der Waals surface area (Å²) >= 11 is 0. The van der Waals surface area contributed by atoms with Crippen LogP contribution in [0, 0.1) is 10.1 Å². The molecule has 8 nitrogen and oxygen atoms in total. The van der Waals surface area contributed by atoms with Gasteiger partial charge < -0.3 is 18.7 Å². The number of benzene rings is 1. The van der Waals surface area contributed by atoms with Crippen LogP contribution in [0.25, 0.3) is 0 Å². The molecule has 0 aliphatic carbocycles. The Labute approximate surface area is 81.8 Å². The zero-order chi connectivity index (χ0) is 10.8. The van der Waals surface area contributed by atoms with Gasteiger partial charge in [0.2, 0.25) is 11.5 Å². The van der Waals surface area contributed by atoms with E-state index in [0.29, 0.717) is 0 Å². The van der Waals surface area contributed by atoms with Crippen LogP contribution >= 0.6 is 7.82 Å². The van der Waals surface area contributed by atoms with E-state index in [1.807, 2.05) is 0 Å². The molecule has 0 saturated heterocycles. The summed E-state index contributed by atoms with van der Waals surface area (Å²) in [4.78, 5) is 9.80. The molecule has 1 N–H and O–H groups in total. The predicted molar refractivity (Wildman–Crippen MR) is 44.3 cm³/mol. The molecule has 15 heavy (non-hydrogen) atoms. The second-order valence-corrected chi connectivity index (χ2v) is 4.32. The summed E-state index contributed by atoms with van der Waals surface area (Å²) in [5.74, 6) is -1.11. The quantitative estimate of drug-likeness (QED) is 0.443. The third-order valence-electron chi connectivity index (χ3n) is 1.96. The predicted octanol–water partition coefficient (Wildman–Crippen LogP) is 1.57. The SMILES string of the molecule is O=[N+]([O-])c1cc(O)c2c3c1OP(=O)(O2)O3. The van der Waals surface area contributed by atoms with Crippen LogP contribution in [0.4, 0.5) is 5.69 Å². The van der Waals surface area contributed by atoms with Crippen molar-refractivity contribution in [1.82, 2.24) is 0 Å². The highest BCUT2D eigenvalue weighted by Crippen LogP contribution is 2.72. The van der Waals surface area contributed by atoms with E-state index in [0.717, 1.165) is 6.07 Å². The smallest absolute Gasteiger partial charge is 0.504 e. The van der Waals surface area contributed by atoms with Gasteiger partial charge in [0.25, 0.3) is 5.75 Å². The summed E-state index contributed by atoms with van der Waals surface area (Å²) < 4.78 is 25.5. The Bertz CT molecular complexity index is 553. The lowest BCUT2D eigenvalue weighted by Gasteiger charge is -2.10. The van der Waals surface area contributed by atoms with Crippen molar-refractivity contribution in [1.29, 1.82) is 0 Å². The van der Waals surface area contributed by atoms with Crippen molar-refractivity contribution in [3.63, 3.8) is 0 Å². The Morgan fingerprint density at radius 3 is 2.47 bits per heavy atom. The number of fused-ring (bicyclic) bond motifs is 1. The molecule has 1 aromatic carbocycles. The van der Waals surface area contributed by atoms with Crippen molar-refractivity contribution in [2.24, 2.45) is 0 Å². The molecule has 9 heteroatoms. The van der Waals surface area contributed by atoms with Crippen molar-refractivity contribution in [2.45, 2.75) is 0 Å². The van der Waals surface area contributed by atoms with E-state index in [1.165, 1.54) is 0 Å². The Hall–Kier alpha value is -1.95. The maximum atomic E-state index is 11.4. The van der Waals surface area contributed by atoms with Crippen LogP contribution in [0.3, 0.4) is 0 Å². The summed E-state index contributed by atoms with van der Waals surface area (Å²) in [6.45, 7) is 0. The number of hydrogen-bond donors (Lipinski definition) is 1. The minimum Gasteiger partial charge on any atom is -0.504 e. The van der Waals surface area contributed by atoms with Crippen LogP contribution < -0.4 is 13.6 Å². The largest absolute Gasteiger partial charge is 0.648 e. The molecular formula is C6H2NO7P. The highest BCUT2D eigenvalue weighted by atomic mass is 31.2. The van der Waals surface area contributed by atoms with Crippen LogP contribution in [0.5, 0.6) is 23.0 Å². The van der Waals surface area contributed by atoms with Crippen molar-refractivity contribution in [3.8, 4) is 23.0 Å². The monoisotopic (exact) mass is 231 g/mol. The Kier molecular flexibility index (Phi) is 1.21. The third kappa shape index (κ3) is 0.887. The summed E-state index contributed by atoms with van der Waals surface area (Å²) in [5.41, 5.74) is -0.507. The van der Waals surface area contributed by atoms with Crippen LogP contribution in [0.2, 0.25) is 0 Å². The molecule has 0 radical (unpaired) electrons. The number of phenolic OH excluding ortho intramolecular Hbond substituents is 1. The Morgan fingerprint density at radius 2 is 1.87 bits per heavy atom. The van der Waals surface area contributed by atoms with Gasteiger partial charge in [-0.25, -0.2) is 0 Å². The van der Waals surface area contributed by atoms with Gasteiger partial charge in [-0.2, -0.15) is 4.57 Å². The first-order chi connectivity index (χ1) is 7.00. The fraction of sp³-hybridized carbons (Fsp3) is 0. The molecule has 0 amide bonds. The highest BCUT2D eigenvalue weighted by molar-refractivity contribution is 7.50. The first kappa shape index (κ1) is 8.37. The van der Waals surface area contributed by atoms with E-state index in [-0.39, 0.29) is 17.2 Å². The fourth-order valence-corrected chi connectivity index (χ4v) is 2.68. The van der Waals surface area contributed by atoms with Crippen LogP contribution in [-0.2, 0) is 4.57 Å². The van der Waals surface area contributed by atoms with Gasteiger partial charge in [0.05, 0.1) is 11.0 Å². The Balaban J connectivity index is 2.36. The molecule has 2 aliphatic rings. The lowest BCUT2D eigenvalue weighted by Crippen LogP contribution is -2.00. The summed E-state index contributed by atoms with van der Waals surface area (Å²) in [5, 5.41) is 19.9. The molecule has 2 bridgehead atoms. The molecule has 0 saturated carbocycles. The molecule has 2 heterocycles. The maximum Gasteiger partial charge on any atom is 0.648 e. The Morgan fingerprint density at radius 1 is 1.27 bits per heavy atom. The number of phosphoric acid groups is 1. The lowest BCUT2D eigenvalue weighted by atomic mass is 10.2. The first-order valence-electron chi connectivity index (χ1n) is 3.73. The van der Waals surface area contributed by atoms with Crippen LogP contribution in [0.1, 0.15) is 0 Å². The van der Waals surface area contributed by atoms with E-state index in [2.05, 4.69) is 9.05 Å². The van der Waals surface area contributed by atoms with Crippen LogP contribution in [-0.4, -0.2) is 10.0 Å². The number of aromatic hydroxyl groups is 1. The molecule has 1 atom stereocenters. The molecular weight excluding hydrogens is 229 g/mol. The molecule has 0 spiro atoms. The van der Waals surface area contributed by atoms with Gasteiger partial charge in [0.1, 0.15) is 0 Å². The maximum absolute atomic E-state index is 11.4. The van der Waals surface area contributed by atoms with Gasteiger partial charge >= 0.3 is 13.5 Å². The number of nitro benzene ring substituents is 1. The second kappa shape index (κ2) is 2.17. The van der Waals surface area contributed by atoms with Crippen LogP contribution in [0.15, 0.2) is 6.07 Å². The van der Waals surface area contributed by atoms with Crippen molar-refractivity contribution < 1.29 is 28.2 Å². The molecule has 78 valence electrons. The number of phosphoric ester groups is 1. The minimum atomic E-state index is -3.81. The lowest BCUT2D eigenvalue weighted by molar-refractivity contribution is -0.385. The van der Waals surface area contributed by atoms with Gasteiger partial charge in [-0.1, -0.05) is 0 Å². The van der Waals surface area contributed by atoms with E-state index in [1.54, 1.807) is 0 Å². The van der Waals surface area contributed by atoms with Gasteiger partial charge in [-0.15, -0.1) is 0 Å². The molecule has 2 aliphatic heterocycles. The molecule has 3 rings (SSSR count). The van der Waals surface area contributed by atoms with E-state index in [9.17, 15) is 19.8 Å². The number of nitrogens with zero attached hydrogens (tertiary/aromatic N) is 1. The average Bonchev–Trinajstić information content (AvgIpc) is 2.63. The number of phenols is 1. The number of nitro groups is 1. The van der Waals surface area contributed by atoms with Gasteiger partial charge in [0, 0.05) is 0 Å². The summed E-state index contributed by atoms with van der Waals surface area (Å²) in [6, 6.07) is 0.854. The van der Waals surface area contributed by atoms with Gasteiger partial charge in [-0.3, -0.25) is 10.1 Å². The van der Waals surface area contributed by atoms with Crippen molar-refractivity contribution in [2.75, 3.05) is 0 Å². The van der Waals surface area contributed by atoms with Crippen molar-refractivity contribution >= 4 is 13.5 Å². The topological polar surface area (TPSA) is 108 Å². The summed E-state index contributed by atoms with van der Waals surface area (Å²) in [7, 11) is -3.81. The van der Waals surface area contributed by atoms with E-state index < -0.39 is 24.2 Å². The zero-order valence-corrected chi connectivity index (χ0v) is 7.76. The van der Waals surface area contributed by atoms with E-state index >= 15 is 0 Å². The minimum absolute atomic E-state index is 0.176. The molecule has 1 unspecified atom stereocenters. The van der Waals surface area contributed by atoms with E-state index in [4.69, 9.17) is 4.52 Å². The number of rotatable bonds is 1. The normalized spacial score (nSPS) is 24.3. The molecule has 1 aromatic rings. The zero-order valence-electron chi connectivity index (χ0n) is 6.87. The summed E-state index contributed by atoms with van der Waals surface area (Å²) in [6.07, 6.45) is 0. The number of hydrogen-bond acceptors (Lipinski definition) is 7. The van der Waals surface area contributed by atoms with Gasteiger partial charge in [0.15, 0.2) is 5.75 Å².